The van der Waals surface area contributed by atoms with Crippen molar-refractivity contribution < 1.29 is 10.0 Å². The third-order valence-corrected chi connectivity index (χ3v) is 2.90. The summed E-state index contributed by atoms with van der Waals surface area (Å²) in [5.74, 6) is -0.752. The van der Waals surface area contributed by atoms with Crippen LogP contribution in [-0.2, 0) is 4.79 Å². The van der Waals surface area contributed by atoms with Gasteiger partial charge >= 0.3 is 0 Å². The van der Waals surface area contributed by atoms with E-state index in [1.165, 1.54) is 19.3 Å². The Balaban J connectivity index is 2.40. The molecule has 0 saturated heterocycles. The van der Waals surface area contributed by atoms with Gasteiger partial charge < -0.3 is 16.3 Å². The number of rotatable bonds is 3. The minimum atomic E-state index is -0.558. The van der Waals surface area contributed by atoms with Crippen molar-refractivity contribution in [2.75, 3.05) is 0 Å². The first-order valence-corrected chi connectivity index (χ1v) is 5.43. The number of nitrogens with one attached hydrogen (secondary N) is 1. The molecule has 15 heavy (non-hydrogen) atoms. The number of amides is 1. The molecule has 5 nitrogen and oxygen atoms in total. The van der Waals surface area contributed by atoms with Gasteiger partial charge in [-0.1, -0.05) is 24.4 Å². The highest BCUT2D eigenvalue weighted by molar-refractivity contribution is 6.01. The van der Waals surface area contributed by atoms with Crippen LogP contribution in [0.1, 0.15) is 39.0 Å². The number of oxime groups is 1. The van der Waals surface area contributed by atoms with E-state index in [0.29, 0.717) is 0 Å². The summed E-state index contributed by atoms with van der Waals surface area (Å²) in [7, 11) is 0. The second kappa shape index (κ2) is 5.58. The first-order valence-electron chi connectivity index (χ1n) is 5.43. The fourth-order valence-corrected chi connectivity index (χ4v) is 1.79. The molecule has 1 aliphatic rings. The second-order valence-electron chi connectivity index (χ2n) is 4.09. The van der Waals surface area contributed by atoms with Gasteiger partial charge in [0.15, 0.2) is 5.84 Å². The van der Waals surface area contributed by atoms with Crippen LogP contribution in [-0.4, -0.2) is 23.0 Å². The molecule has 1 fully saturated rings. The van der Waals surface area contributed by atoms with Crippen molar-refractivity contribution in [1.29, 1.82) is 0 Å². The van der Waals surface area contributed by atoms with Crippen LogP contribution in [0.25, 0.3) is 0 Å². The highest BCUT2D eigenvalue weighted by Crippen LogP contribution is 2.17. The van der Waals surface area contributed by atoms with E-state index in [4.69, 9.17) is 10.9 Å². The van der Waals surface area contributed by atoms with Crippen molar-refractivity contribution in [2.45, 2.75) is 45.1 Å². The number of nitrogens with two attached hydrogens (primary N) is 1. The quantitative estimate of drug-likeness (QED) is 0.281. The maximum absolute atomic E-state index is 11.6. The SMILES string of the molecule is CC(C(=O)NC1CCCCC1)C(N)=NO. The molecule has 0 heterocycles. The monoisotopic (exact) mass is 213 g/mol. The first kappa shape index (κ1) is 11.8. The third-order valence-electron chi connectivity index (χ3n) is 2.90. The molecule has 86 valence electrons. The summed E-state index contributed by atoms with van der Waals surface area (Å²) in [4.78, 5) is 11.6. The van der Waals surface area contributed by atoms with Crippen molar-refractivity contribution in [3.8, 4) is 0 Å². The average molecular weight is 213 g/mol. The van der Waals surface area contributed by atoms with Crippen LogP contribution in [0, 0.1) is 5.92 Å². The summed E-state index contributed by atoms with van der Waals surface area (Å²) >= 11 is 0. The van der Waals surface area contributed by atoms with Crippen molar-refractivity contribution in [2.24, 2.45) is 16.8 Å². The molecule has 1 unspecified atom stereocenters. The van der Waals surface area contributed by atoms with E-state index < -0.39 is 5.92 Å². The van der Waals surface area contributed by atoms with Gasteiger partial charge in [-0.15, -0.1) is 0 Å². The zero-order valence-electron chi connectivity index (χ0n) is 9.07. The van der Waals surface area contributed by atoms with Crippen LogP contribution in [0.5, 0.6) is 0 Å². The Morgan fingerprint density at radius 3 is 2.60 bits per heavy atom. The molecule has 0 spiro atoms. The van der Waals surface area contributed by atoms with Crippen molar-refractivity contribution in [1.82, 2.24) is 5.32 Å². The van der Waals surface area contributed by atoms with E-state index in [9.17, 15) is 4.79 Å². The van der Waals surface area contributed by atoms with Gasteiger partial charge in [0.05, 0.1) is 5.92 Å². The fraction of sp³-hybridized carbons (Fsp3) is 0.800. The number of nitrogens with zero attached hydrogens (tertiary/aromatic N) is 1. The molecule has 0 aromatic carbocycles. The van der Waals surface area contributed by atoms with Gasteiger partial charge in [0.25, 0.3) is 0 Å². The predicted octanol–water partition coefficient (Wildman–Crippen LogP) is 0.818. The number of carbonyl (C=O) groups excluding carboxylic acids is 1. The van der Waals surface area contributed by atoms with E-state index >= 15 is 0 Å². The number of hydrogen-bond donors (Lipinski definition) is 3. The summed E-state index contributed by atoms with van der Waals surface area (Å²) in [6, 6.07) is 0.264. The highest BCUT2D eigenvalue weighted by Gasteiger charge is 2.21. The lowest BCUT2D eigenvalue weighted by Gasteiger charge is -2.24. The molecule has 5 heteroatoms. The molecule has 0 bridgehead atoms. The average Bonchev–Trinajstić information content (AvgIpc) is 2.28. The maximum Gasteiger partial charge on any atom is 0.230 e. The Labute approximate surface area is 89.7 Å². The Kier molecular flexibility index (Phi) is 4.39. The van der Waals surface area contributed by atoms with Crippen LogP contribution >= 0.6 is 0 Å². The van der Waals surface area contributed by atoms with Crippen LogP contribution in [0.2, 0.25) is 0 Å². The molecule has 1 aliphatic carbocycles. The third kappa shape index (κ3) is 3.42. The minimum Gasteiger partial charge on any atom is -0.409 e. The van der Waals surface area contributed by atoms with Crippen LogP contribution in [0.3, 0.4) is 0 Å². The summed E-state index contributed by atoms with van der Waals surface area (Å²) in [5, 5.41) is 14.2. The van der Waals surface area contributed by atoms with E-state index in [-0.39, 0.29) is 17.8 Å². The predicted molar refractivity (Wildman–Crippen MR) is 57.6 cm³/mol. The summed E-state index contributed by atoms with van der Waals surface area (Å²) in [6.07, 6.45) is 5.66. The van der Waals surface area contributed by atoms with Gasteiger partial charge in [-0.05, 0) is 19.8 Å². The Bertz CT molecular complexity index is 247. The van der Waals surface area contributed by atoms with E-state index in [1.807, 2.05) is 0 Å². The molecule has 0 aromatic heterocycles. The van der Waals surface area contributed by atoms with Crippen LogP contribution in [0.4, 0.5) is 0 Å². The maximum atomic E-state index is 11.6. The zero-order chi connectivity index (χ0) is 11.3. The lowest BCUT2D eigenvalue weighted by Crippen LogP contribution is -2.43. The van der Waals surface area contributed by atoms with Crippen LogP contribution in [0.15, 0.2) is 5.16 Å². The van der Waals surface area contributed by atoms with Gasteiger partial charge in [0, 0.05) is 6.04 Å². The molecular weight excluding hydrogens is 194 g/mol. The first-order chi connectivity index (χ1) is 7.15. The Morgan fingerprint density at radius 1 is 1.47 bits per heavy atom. The molecule has 4 N–H and O–H groups in total. The standard InChI is InChI=1S/C10H19N3O2/c1-7(9(11)13-15)10(14)12-8-5-3-2-4-6-8/h7-8,15H,2-6H2,1H3,(H2,11,13)(H,12,14). The molecule has 0 radical (unpaired) electrons. The molecule has 1 rings (SSSR count). The van der Waals surface area contributed by atoms with Gasteiger partial charge in [-0.25, -0.2) is 0 Å². The van der Waals surface area contributed by atoms with E-state index in [2.05, 4.69) is 10.5 Å². The van der Waals surface area contributed by atoms with Crippen LogP contribution < -0.4 is 11.1 Å². The molecule has 1 atom stereocenters. The topological polar surface area (TPSA) is 87.7 Å². The second-order valence-corrected chi connectivity index (χ2v) is 4.09. The minimum absolute atomic E-state index is 0.0386. The lowest BCUT2D eigenvalue weighted by atomic mass is 9.95. The van der Waals surface area contributed by atoms with Crippen molar-refractivity contribution >= 4 is 11.7 Å². The Hall–Kier alpha value is -1.26. The normalized spacial score (nSPS) is 21.0. The van der Waals surface area contributed by atoms with Gasteiger partial charge in [0.1, 0.15) is 0 Å². The smallest absolute Gasteiger partial charge is 0.230 e. The molecule has 1 saturated carbocycles. The van der Waals surface area contributed by atoms with Gasteiger partial charge in [-0.3, -0.25) is 4.79 Å². The molecule has 1 amide bonds. The van der Waals surface area contributed by atoms with Crippen molar-refractivity contribution in [3.63, 3.8) is 0 Å². The van der Waals surface area contributed by atoms with E-state index in [1.54, 1.807) is 6.92 Å². The Morgan fingerprint density at radius 2 is 2.07 bits per heavy atom. The van der Waals surface area contributed by atoms with Gasteiger partial charge in [-0.2, -0.15) is 0 Å². The van der Waals surface area contributed by atoms with Gasteiger partial charge in [0.2, 0.25) is 5.91 Å². The molecule has 0 aromatic rings. The summed E-state index contributed by atoms with van der Waals surface area (Å²) in [5.41, 5.74) is 5.36. The number of amidine groups is 1. The molecular formula is C10H19N3O2. The number of hydrogen-bond acceptors (Lipinski definition) is 3. The largest absolute Gasteiger partial charge is 0.409 e. The van der Waals surface area contributed by atoms with E-state index in [0.717, 1.165) is 12.8 Å². The summed E-state index contributed by atoms with van der Waals surface area (Å²) in [6.45, 7) is 1.63. The fourth-order valence-electron chi connectivity index (χ4n) is 1.79. The lowest BCUT2D eigenvalue weighted by molar-refractivity contribution is -0.123. The molecule has 0 aliphatic heterocycles. The number of carbonyl (C=O) groups is 1. The highest BCUT2D eigenvalue weighted by atomic mass is 16.4. The summed E-state index contributed by atoms with van der Waals surface area (Å²) < 4.78 is 0. The van der Waals surface area contributed by atoms with Crippen molar-refractivity contribution in [3.05, 3.63) is 0 Å². The zero-order valence-corrected chi connectivity index (χ0v) is 9.07.